The number of aromatic nitrogens is 2. The molecule has 2 heterocycles. The van der Waals surface area contributed by atoms with Crippen LogP contribution in [0.25, 0.3) is 22.3 Å². The molecule has 3 nitrogen and oxygen atoms in total. The molecule has 0 radical (unpaired) electrons. The van der Waals surface area contributed by atoms with Crippen molar-refractivity contribution in [3.05, 3.63) is 53.6 Å². The molecular weight excluding hydrogens is 341 g/mol. The van der Waals surface area contributed by atoms with Crippen LogP contribution in [0.2, 0.25) is 5.02 Å². The molecule has 0 spiro atoms. The summed E-state index contributed by atoms with van der Waals surface area (Å²) in [6, 6.07) is 16.0. The van der Waals surface area contributed by atoms with Crippen LogP contribution in [0.4, 0.5) is 5.82 Å². The summed E-state index contributed by atoms with van der Waals surface area (Å²) in [5.41, 5.74) is 1.94. The lowest BCUT2D eigenvalue weighted by atomic mass is 10.1. The van der Waals surface area contributed by atoms with E-state index in [0.29, 0.717) is 5.02 Å². The van der Waals surface area contributed by atoms with Crippen LogP contribution in [0.15, 0.2) is 48.5 Å². The van der Waals surface area contributed by atoms with Gasteiger partial charge in [0.2, 0.25) is 0 Å². The van der Waals surface area contributed by atoms with Crippen molar-refractivity contribution in [3.63, 3.8) is 0 Å². The molecule has 1 aliphatic heterocycles. The Morgan fingerprint density at radius 3 is 2.46 bits per heavy atom. The third kappa shape index (κ3) is 3.33. The Kier molecular flexibility index (Phi) is 5.22. The van der Waals surface area contributed by atoms with Crippen molar-refractivity contribution in [3.8, 4) is 11.4 Å². The first-order valence-electron chi connectivity index (χ1n) is 8.09. The molecule has 0 atom stereocenters. The number of fused-ring (bicyclic) bond motifs is 1. The summed E-state index contributed by atoms with van der Waals surface area (Å²) >= 11 is 6.14. The normalized spacial score (nSPS) is 14.5. The van der Waals surface area contributed by atoms with Gasteiger partial charge in [-0.15, -0.1) is 0 Å². The van der Waals surface area contributed by atoms with Crippen molar-refractivity contribution < 1.29 is 12.4 Å². The minimum Gasteiger partial charge on any atom is -1.00 e. The van der Waals surface area contributed by atoms with Gasteiger partial charge in [-0.2, -0.15) is 0 Å². The number of hydrogen-bond acceptors (Lipinski definition) is 3. The van der Waals surface area contributed by atoms with Crippen LogP contribution in [-0.2, 0) is 0 Å². The lowest BCUT2D eigenvalue weighted by Gasteiger charge is -2.29. The van der Waals surface area contributed by atoms with Crippen LogP contribution < -0.4 is 17.3 Å². The van der Waals surface area contributed by atoms with Crippen molar-refractivity contribution in [1.29, 1.82) is 0 Å². The van der Waals surface area contributed by atoms with E-state index in [1.54, 1.807) is 0 Å². The molecular formula is C19H18Cl2N3-. The molecule has 1 aliphatic rings. The van der Waals surface area contributed by atoms with Crippen LogP contribution in [0.5, 0.6) is 0 Å². The van der Waals surface area contributed by atoms with Crippen molar-refractivity contribution in [2.45, 2.75) is 19.3 Å². The highest BCUT2D eigenvalue weighted by Crippen LogP contribution is 2.30. The quantitative estimate of drug-likeness (QED) is 0.700. The van der Waals surface area contributed by atoms with Crippen LogP contribution in [0.1, 0.15) is 19.3 Å². The minimum atomic E-state index is 0. The van der Waals surface area contributed by atoms with E-state index in [9.17, 15) is 0 Å². The monoisotopic (exact) mass is 358 g/mol. The molecule has 0 N–H and O–H groups in total. The van der Waals surface area contributed by atoms with Gasteiger partial charge in [0.15, 0.2) is 5.82 Å². The van der Waals surface area contributed by atoms with Crippen molar-refractivity contribution in [1.82, 2.24) is 9.97 Å². The van der Waals surface area contributed by atoms with E-state index in [4.69, 9.17) is 21.6 Å². The number of nitrogens with zero attached hydrogens (tertiary/aromatic N) is 3. The first-order valence-corrected chi connectivity index (χ1v) is 8.47. The molecule has 0 saturated carbocycles. The Morgan fingerprint density at radius 2 is 1.67 bits per heavy atom. The lowest BCUT2D eigenvalue weighted by Crippen LogP contribution is -3.00. The van der Waals surface area contributed by atoms with Crippen molar-refractivity contribution in [2.75, 3.05) is 18.0 Å². The molecule has 4 rings (SSSR count). The second-order valence-electron chi connectivity index (χ2n) is 5.95. The highest BCUT2D eigenvalue weighted by molar-refractivity contribution is 6.30. The molecule has 0 unspecified atom stereocenters. The SMILES string of the molecule is Clc1cccc(-c2nc(N3CCCCC3)c3ccccc3n2)c1.[Cl-]. The summed E-state index contributed by atoms with van der Waals surface area (Å²) in [5, 5.41) is 1.83. The van der Waals surface area contributed by atoms with Gasteiger partial charge in [0, 0.05) is 29.1 Å². The zero-order chi connectivity index (χ0) is 15.6. The molecule has 124 valence electrons. The molecule has 5 heteroatoms. The van der Waals surface area contributed by atoms with Crippen LogP contribution >= 0.6 is 11.6 Å². The van der Waals surface area contributed by atoms with Gasteiger partial charge in [0.05, 0.1) is 5.52 Å². The summed E-state index contributed by atoms with van der Waals surface area (Å²) in [4.78, 5) is 12.0. The van der Waals surface area contributed by atoms with Gasteiger partial charge in [-0.25, -0.2) is 9.97 Å². The van der Waals surface area contributed by atoms with Crippen molar-refractivity contribution in [2.24, 2.45) is 0 Å². The first kappa shape index (κ1) is 17.0. The summed E-state index contributed by atoms with van der Waals surface area (Å²) < 4.78 is 0. The average Bonchev–Trinajstić information content (AvgIpc) is 2.61. The maximum atomic E-state index is 6.14. The number of para-hydroxylation sites is 1. The highest BCUT2D eigenvalue weighted by atomic mass is 35.5. The Bertz CT molecular complexity index is 845. The standard InChI is InChI=1S/C19H18ClN3.ClH/c20-15-8-6-7-14(13-15)18-21-17-10-3-2-9-16(17)19(22-18)23-11-4-1-5-12-23;/h2-3,6-10,13H,1,4-5,11-12H2;1H/p-1. The molecule has 0 aliphatic carbocycles. The predicted octanol–water partition coefficient (Wildman–Crippen LogP) is 1.94. The third-order valence-electron chi connectivity index (χ3n) is 4.32. The molecule has 1 fully saturated rings. The Balaban J connectivity index is 0.00000169. The summed E-state index contributed by atoms with van der Waals surface area (Å²) in [5.74, 6) is 1.79. The highest BCUT2D eigenvalue weighted by Gasteiger charge is 2.17. The smallest absolute Gasteiger partial charge is 0.162 e. The van der Waals surface area contributed by atoms with E-state index in [0.717, 1.165) is 41.2 Å². The van der Waals surface area contributed by atoms with E-state index < -0.39 is 0 Å². The molecule has 0 bridgehead atoms. The van der Waals surface area contributed by atoms with Gasteiger partial charge in [0.25, 0.3) is 0 Å². The average molecular weight is 359 g/mol. The topological polar surface area (TPSA) is 29.0 Å². The Morgan fingerprint density at radius 1 is 0.875 bits per heavy atom. The van der Waals surface area contributed by atoms with Gasteiger partial charge >= 0.3 is 0 Å². The summed E-state index contributed by atoms with van der Waals surface area (Å²) in [6.07, 6.45) is 3.76. The molecule has 2 aromatic carbocycles. The number of benzene rings is 2. The number of halogens is 2. The van der Waals surface area contributed by atoms with Crippen LogP contribution in [0, 0.1) is 0 Å². The first-order chi connectivity index (χ1) is 11.3. The van der Waals surface area contributed by atoms with Gasteiger partial charge < -0.3 is 17.3 Å². The van der Waals surface area contributed by atoms with E-state index in [1.165, 1.54) is 19.3 Å². The second-order valence-corrected chi connectivity index (χ2v) is 6.38. The van der Waals surface area contributed by atoms with Gasteiger partial charge in [-0.3, -0.25) is 0 Å². The molecule has 1 saturated heterocycles. The van der Waals surface area contributed by atoms with E-state index in [2.05, 4.69) is 23.1 Å². The summed E-state index contributed by atoms with van der Waals surface area (Å²) in [7, 11) is 0. The van der Waals surface area contributed by atoms with E-state index >= 15 is 0 Å². The Labute approximate surface area is 153 Å². The van der Waals surface area contributed by atoms with E-state index in [-0.39, 0.29) is 12.4 Å². The Hall–Kier alpha value is -1.84. The van der Waals surface area contributed by atoms with Crippen molar-refractivity contribution >= 4 is 28.3 Å². The number of rotatable bonds is 2. The molecule has 0 amide bonds. The molecule has 1 aromatic heterocycles. The molecule has 3 aromatic rings. The lowest BCUT2D eigenvalue weighted by molar-refractivity contribution is -0.00000457. The summed E-state index contributed by atoms with van der Waals surface area (Å²) in [6.45, 7) is 2.13. The minimum absolute atomic E-state index is 0. The number of piperidine rings is 1. The number of anilines is 1. The van der Waals surface area contributed by atoms with Gasteiger partial charge in [0.1, 0.15) is 5.82 Å². The number of hydrogen-bond donors (Lipinski definition) is 0. The maximum Gasteiger partial charge on any atom is 0.162 e. The maximum absolute atomic E-state index is 6.14. The second kappa shape index (κ2) is 7.37. The molecule has 24 heavy (non-hydrogen) atoms. The zero-order valence-electron chi connectivity index (χ0n) is 13.3. The predicted molar refractivity (Wildman–Crippen MR) is 96.0 cm³/mol. The third-order valence-corrected chi connectivity index (χ3v) is 4.56. The zero-order valence-corrected chi connectivity index (χ0v) is 14.8. The van der Waals surface area contributed by atoms with Gasteiger partial charge in [-0.05, 0) is 43.5 Å². The fraction of sp³-hybridized carbons (Fsp3) is 0.263. The fourth-order valence-corrected chi connectivity index (χ4v) is 3.35. The van der Waals surface area contributed by atoms with Crippen LogP contribution in [-0.4, -0.2) is 23.1 Å². The largest absolute Gasteiger partial charge is 1.00 e. The fourth-order valence-electron chi connectivity index (χ4n) is 3.16. The van der Waals surface area contributed by atoms with E-state index in [1.807, 2.05) is 30.3 Å². The van der Waals surface area contributed by atoms with Gasteiger partial charge in [-0.1, -0.05) is 35.9 Å². The van der Waals surface area contributed by atoms with Crippen LogP contribution in [0.3, 0.4) is 0 Å².